The number of fused-ring (bicyclic) bond motifs is 1. The summed E-state index contributed by atoms with van der Waals surface area (Å²) in [4.78, 5) is 1.43. The molecule has 0 bridgehead atoms. The van der Waals surface area contributed by atoms with Crippen LogP contribution in [0.3, 0.4) is 0 Å². The molecule has 3 aromatic rings. The van der Waals surface area contributed by atoms with Crippen LogP contribution in [0, 0.1) is 0 Å². The normalized spacial score (nSPS) is 12.9. The molecule has 0 aliphatic heterocycles. The van der Waals surface area contributed by atoms with Crippen molar-refractivity contribution in [2.75, 3.05) is 0 Å². The molecule has 0 spiro atoms. The van der Waals surface area contributed by atoms with Crippen LogP contribution >= 0.6 is 22.7 Å². The third-order valence-electron chi connectivity index (χ3n) is 3.39. The molecule has 1 unspecified atom stereocenters. The Morgan fingerprint density at radius 2 is 2.00 bits per heavy atom. The molecule has 19 heavy (non-hydrogen) atoms. The van der Waals surface area contributed by atoms with E-state index in [9.17, 15) is 0 Å². The number of thiophene rings is 2. The Morgan fingerprint density at radius 3 is 2.79 bits per heavy atom. The number of nitrogens with one attached hydrogen (secondary N) is 1. The van der Waals surface area contributed by atoms with E-state index in [-0.39, 0.29) is 0 Å². The maximum absolute atomic E-state index is 3.68. The SMILES string of the molecule is CCC(NCc1csc2ccccc12)c1cccs1. The van der Waals surface area contributed by atoms with Crippen molar-refractivity contribution in [3.8, 4) is 0 Å². The first-order valence-electron chi connectivity index (χ1n) is 6.60. The molecule has 0 fully saturated rings. The van der Waals surface area contributed by atoms with Crippen LogP contribution in [0.5, 0.6) is 0 Å². The average Bonchev–Trinajstić information content (AvgIpc) is 3.09. The van der Waals surface area contributed by atoms with Crippen LogP contribution in [0.25, 0.3) is 10.1 Å². The first-order chi connectivity index (χ1) is 9.38. The maximum atomic E-state index is 3.68. The summed E-state index contributed by atoms with van der Waals surface area (Å²) in [5.74, 6) is 0. The standard InChI is InChI=1S/C16H17NS2/c1-2-14(16-8-5-9-18-16)17-10-12-11-19-15-7-4-3-6-13(12)15/h3-9,11,14,17H,2,10H2,1H3. The van der Waals surface area contributed by atoms with Crippen LogP contribution in [0.15, 0.2) is 47.2 Å². The van der Waals surface area contributed by atoms with E-state index < -0.39 is 0 Å². The summed E-state index contributed by atoms with van der Waals surface area (Å²) in [6.45, 7) is 3.18. The molecular weight excluding hydrogens is 270 g/mol. The molecule has 2 heterocycles. The molecule has 0 aliphatic carbocycles. The topological polar surface area (TPSA) is 12.0 Å². The van der Waals surface area contributed by atoms with Crippen molar-refractivity contribution in [3.63, 3.8) is 0 Å². The van der Waals surface area contributed by atoms with Crippen molar-refractivity contribution >= 4 is 32.8 Å². The molecule has 98 valence electrons. The molecule has 1 atom stereocenters. The van der Waals surface area contributed by atoms with E-state index in [4.69, 9.17) is 0 Å². The highest BCUT2D eigenvalue weighted by molar-refractivity contribution is 7.17. The molecule has 1 aromatic carbocycles. The smallest absolute Gasteiger partial charge is 0.0414 e. The Bertz CT molecular complexity index is 640. The van der Waals surface area contributed by atoms with E-state index >= 15 is 0 Å². The summed E-state index contributed by atoms with van der Waals surface area (Å²) in [7, 11) is 0. The maximum Gasteiger partial charge on any atom is 0.0414 e. The van der Waals surface area contributed by atoms with Crippen LogP contribution in [0.2, 0.25) is 0 Å². The van der Waals surface area contributed by atoms with Crippen molar-refractivity contribution in [3.05, 3.63) is 57.6 Å². The molecule has 0 saturated heterocycles. The second-order valence-electron chi connectivity index (χ2n) is 4.61. The lowest BCUT2D eigenvalue weighted by Gasteiger charge is -2.15. The van der Waals surface area contributed by atoms with Gasteiger partial charge in [-0.25, -0.2) is 0 Å². The Morgan fingerprint density at radius 1 is 1.11 bits per heavy atom. The molecule has 1 nitrogen and oxygen atoms in total. The van der Waals surface area contributed by atoms with Gasteiger partial charge in [-0.3, -0.25) is 0 Å². The second kappa shape index (κ2) is 5.87. The number of hydrogen-bond donors (Lipinski definition) is 1. The van der Waals surface area contributed by atoms with Gasteiger partial charge in [0, 0.05) is 22.2 Å². The Balaban J connectivity index is 1.75. The average molecular weight is 287 g/mol. The van der Waals surface area contributed by atoms with Crippen LogP contribution in [0.4, 0.5) is 0 Å². The van der Waals surface area contributed by atoms with Crippen molar-refractivity contribution in [1.29, 1.82) is 0 Å². The van der Waals surface area contributed by atoms with E-state index in [0.29, 0.717) is 6.04 Å². The summed E-state index contributed by atoms with van der Waals surface area (Å²) in [5.41, 5.74) is 1.41. The molecule has 3 heteroatoms. The Kier molecular flexibility index (Phi) is 3.97. The fraction of sp³-hybridized carbons (Fsp3) is 0.250. The van der Waals surface area contributed by atoms with Gasteiger partial charge < -0.3 is 5.32 Å². The fourth-order valence-corrected chi connectivity index (χ4v) is 4.19. The highest BCUT2D eigenvalue weighted by Crippen LogP contribution is 2.27. The van der Waals surface area contributed by atoms with Crippen LogP contribution in [-0.4, -0.2) is 0 Å². The van der Waals surface area contributed by atoms with E-state index in [0.717, 1.165) is 13.0 Å². The predicted octanol–water partition coefficient (Wildman–Crippen LogP) is 5.20. The van der Waals surface area contributed by atoms with Crippen molar-refractivity contribution < 1.29 is 0 Å². The zero-order valence-electron chi connectivity index (χ0n) is 10.9. The minimum Gasteiger partial charge on any atom is -0.305 e. The Hall–Kier alpha value is -1.16. The van der Waals surface area contributed by atoms with Gasteiger partial charge in [0.1, 0.15) is 0 Å². The minimum atomic E-state index is 0.471. The second-order valence-corrected chi connectivity index (χ2v) is 6.50. The molecule has 1 N–H and O–H groups in total. The predicted molar refractivity (Wildman–Crippen MR) is 86.0 cm³/mol. The zero-order chi connectivity index (χ0) is 13.1. The summed E-state index contributed by atoms with van der Waals surface area (Å²) >= 11 is 3.67. The van der Waals surface area contributed by atoms with E-state index in [1.807, 2.05) is 22.7 Å². The van der Waals surface area contributed by atoms with Crippen LogP contribution in [-0.2, 0) is 6.54 Å². The summed E-state index contributed by atoms with van der Waals surface area (Å²) < 4.78 is 1.38. The number of benzene rings is 1. The van der Waals surface area contributed by atoms with Gasteiger partial charge in [-0.15, -0.1) is 22.7 Å². The third kappa shape index (κ3) is 2.73. The van der Waals surface area contributed by atoms with Crippen molar-refractivity contribution in [2.45, 2.75) is 25.9 Å². The molecule has 0 amide bonds. The van der Waals surface area contributed by atoms with Gasteiger partial charge in [0.05, 0.1) is 0 Å². The first-order valence-corrected chi connectivity index (χ1v) is 8.36. The highest BCUT2D eigenvalue weighted by Gasteiger charge is 2.10. The fourth-order valence-electron chi connectivity index (χ4n) is 2.34. The molecule has 3 rings (SSSR count). The van der Waals surface area contributed by atoms with Gasteiger partial charge in [-0.05, 0) is 40.3 Å². The minimum absolute atomic E-state index is 0.471. The van der Waals surface area contributed by atoms with E-state index in [2.05, 4.69) is 59.4 Å². The Labute approximate surface area is 121 Å². The molecule has 0 radical (unpaired) electrons. The lowest BCUT2D eigenvalue weighted by molar-refractivity contribution is 0.528. The molecular formula is C16H17NS2. The van der Waals surface area contributed by atoms with Gasteiger partial charge in [0.25, 0.3) is 0 Å². The lowest BCUT2D eigenvalue weighted by Crippen LogP contribution is -2.19. The van der Waals surface area contributed by atoms with E-state index in [1.165, 1.54) is 20.5 Å². The van der Waals surface area contributed by atoms with Crippen molar-refractivity contribution in [2.24, 2.45) is 0 Å². The van der Waals surface area contributed by atoms with Gasteiger partial charge in [0.15, 0.2) is 0 Å². The highest BCUT2D eigenvalue weighted by atomic mass is 32.1. The largest absolute Gasteiger partial charge is 0.305 e. The summed E-state index contributed by atoms with van der Waals surface area (Å²) in [5, 5.41) is 9.50. The van der Waals surface area contributed by atoms with Gasteiger partial charge in [0.2, 0.25) is 0 Å². The van der Waals surface area contributed by atoms with Crippen LogP contribution < -0.4 is 5.32 Å². The lowest BCUT2D eigenvalue weighted by atomic mass is 10.1. The molecule has 0 aliphatic rings. The summed E-state index contributed by atoms with van der Waals surface area (Å²) in [6, 6.07) is 13.5. The molecule has 2 aromatic heterocycles. The quantitative estimate of drug-likeness (QED) is 0.679. The van der Waals surface area contributed by atoms with E-state index in [1.54, 1.807) is 0 Å². The van der Waals surface area contributed by atoms with Crippen molar-refractivity contribution in [1.82, 2.24) is 5.32 Å². The van der Waals surface area contributed by atoms with Gasteiger partial charge in [-0.2, -0.15) is 0 Å². The zero-order valence-corrected chi connectivity index (χ0v) is 12.6. The number of hydrogen-bond acceptors (Lipinski definition) is 3. The third-order valence-corrected chi connectivity index (χ3v) is 5.39. The summed E-state index contributed by atoms with van der Waals surface area (Å²) in [6.07, 6.45) is 1.13. The monoisotopic (exact) mass is 287 g/mol. The van der Waals surface area contributed by atoms with Crippen LogP contribution in [0.1, 0.15) is 29.8 Å². The number of rotatable bonds is 5. The van der Waals surface area contributed by atoms with Gasteiger partial charge >= 0.3 is 0 Å². The molecule has 0 saturated carbocycles. The van der Waals surface area contributed by atoms with Gasteiger partial charge in [-0.1, -0.05) is 31.2 Å². The first kappa shape index (κ1) is 12.9.